The maximum Gasteiger partial charge on any atom is 0.123 e. The van der Waals surface area contributed by atoms with Crippen molar-refractivity contribution in [1.82, 2.24) is 5.01 Å². The molecule has 8 heavy (non-hydrogen) atoms. The van der Waals surface area contributed by atoms with E-state index >= 15 is 0 Å². The number of hydrogen-bond acceptors (Lipinski definition) is 2. The molecule has 0 radical (unpaired) electrons. The number of halogens is 1. The molecule has 0 amide bonds. The minimum Gasteiger partial charge on any atom is -0.299 e. The summed E-state index contributed by atoms with van der Waals surface area (Å²) in [5.41, 5.74) is 0. The second kappa shape index (κ2) is 3.72. The van der Waals surface area contributed by atoms with Gasteiger partial charge in [0.05, 0.1) is 0 Å². The van der Waals surface area contributed by atoms with E-state index in [0.29, 0.717) is 5.17 Å². The Bertz CT molecular complexity index is 86.4. The largest absolute Gasteiger partial charge is 0.299 e. The van der Waals surface area contributed by atoms with Crippen molar-refractivity contribution in [2.45, 2.75) is 13.8 Å². The molecule has 0 aromatic rings. The molecule has 0 N–H and O–H groups in total. The van der Waals surface area contributed by atoms with Crippen LogP contribution in [0.1, 0.15) is 13.8 Å². The topological polar surface area (TPSA) is 15.6 Å². The van der Waals surface area contributed by atoms with Gasteiger partial charge in [-0.2, -0.15) is 5.10 Å². The summed E-state index contributed by atoms with van der Waals surface area (Å²) in [5, 5.41) is 6.27. The molecule has 2 nitrogen and oxygen atoms in total. The standard InChI is InChI=1S/C5H11ClN2/c1-4-8(3)7-5(2)6/h4H2,1-3H3. The molecule has 0 atom stereocenters. The molecule has 0 heterocycles. The zero-order chi connectivity index (χ0) is 6.57. The fourth-order valence-electron chi connectivity index (χ4n) is 0.306. The van der Waals surface area contributed by atoms with E-state index in [4.69, 9.17) is 11.6 Å². The van der Waals surface area contributed by atoms with E-state index in [1.54, 1.807) is 11.9 Å². The van der Waals surface area contributed by atoms with Gasteiger partial charge in [0.1, 0.15) is 5.17 Å². The van der Waals surface area contributed by atoms with Crippen molar-refractivity contribution < 1.29 is 0 Å². The molecule has 0 aromatic carbocycles. The lowest BCUT2D eigenvalue weighted by Gasteiger charge is -2.07. The molecule has 0 aliphatic carbocycles. The van der Waals surface area contributed by atoms with Crippen molar-refractivity contribution in [3.63, 3.8) is 0 Å². The molecule has 0 saturated heterocycles. The number of rotatable bonds is 2. The summed E-state index contributed by atoms with van der Waals surface area (Å²) in [4.78, 5) is 0. The van der Waals surface area contributed by atoms with Gasteiger partial charge in [-0.1, -0.05) is 11.6 Å². The van der Waals surface area contributed by atoms with Crippen LogP contribution in [0.4, 0.5) is 0 Å². The maximum atomic E-state index is 5.46. The first-order chi connectivity index (χ1) is 3.66. The van der Waals surface area contributed by atoms with Crippen LogP contribution in [0.3, 0.4) is 0 Å². The van der Waals surface area contributed by atoms with Gasteiger partial charge in [-0.15, -0.1) is 0 Å². The number of nitrogens with zero attached hydrogens (tertiary/aromatic N) is 2. The molecule has 0 saturated carbocycles. The summed E-state index contributed by atoms with van der Waals surface area (Å²) in [7, 11) is 1.88. The van der Waals surface area contributed by atoms with Crippen molar-refractivity contribution >= 4 is 16.8 Å². The van der Waals surface area contributed by atoms with E-state index in [9.17, 15) is 0 Å². The fourth-order valence-corrected chi connectivity index (χ4v) is 0.435. The third-order valence-electron chi connectivity index (χ3n) is 0.766. The van der Waals surface area contributed by atoms with E-state index < -0.39 is 0 Å². The first-order valence-electron chi connectivity index (χ1n) is 2.58. The van der Waals surface area contributed by atoms with Crippen LogP contribution in [0, 0.1) is 0 Å². The smallest absolute Gasteiger partial charge is 0.123 e. The first-order valence-corrected chi connectivity index (χ1v) is 2.96. The normalized spacial score (nSPS) is 11.8. The number of hydrogen-bond donors (Lipinski definition) is 0. The van der Waals surface area contributed by atoms with Gasteiger partial charge >= 0.3 is 0 Å². The zero-order valence-electron chi connectivity index (χ0n) is 5.48. The van der Waals surface area contributed by atoms with Crippen LogP contribution in [-0.4, -0.2) is 23.8 Å². The van der Waals surface area contributed by atoms with Crippen molar-refractivity contribution in [3.8, 4) is 0 Å². The minimum atomic E-state index is 0.578. The van der Waals surface area contributed by atoms with Crippen molar-refractivity contribution in [1.29, 1.82) is 0 Å². The Labute approximate surface area is 55.1 Å². The Balaban J connectivity index is 3.51. The Hall–Kier alpha value is -0.240. The third kappa shape index (κ3) is 3.93. The molecule has 0 aromatic heterocycles. The second-order valence-corrected chi connectivity index (χ2v) is 2.12. The van der Waals surface area contributed by atoms with E-state index in [-0.39, 0.29) is 0 Å². The molecule has 0 aliphatic heterocycles. The summed E-state index contributed by atoms with van der Waals surface area (Å²) in [6.07, 6.45) is 0. The summed E-state index contributed by atoms with van der Waals surface area (Å²) in [6, 6.07) is 0. The summed E-state index contributed by atoms with van der Waals surface area (Å²) in [5.74, 6) is 0. The van der Waals surface area contributed by atoms with Gasteiger partial charge in [0.2, 0.25) is 0 Å². The van der Waals surface area contributed by atoms with Crippen molar-refractivity contribution in [3.05, 3.63) is 0 Å². The van der Waals surface area contributed by atoms with Crippen LogP contribution in [0.5, 0.6) is 0 Å². The van der Waals surface area contributed by atoms with Gasteiger partial charge < -0.3 is 0 Å². The molecule has 0 spiro atoms. The molecule has 48 valence electrons. The Morgan fingerprint density at radius 1 is 1.75 bits per heavy atom. The molecule has 0 rings (SSSR count). The SMILES string of the molecule is CCN(C)N=C(C)Cl. The zero-order valence-corrected chi connectivity index (χ0v) is 6.24. The highest BCUT2D eigenvalue weighted by molar-refractivity contribution is 6.64. The molecular formula is C5H11ClN2. The molecule has 0 aliphatic rings. The summed E-state index contributed by atoms with van der Waals surface area (Å²) >= 11 is 5.46. The Kier molecular flexibility index (Phi) is 3.61. The van der Waals surface area contributed by atoms with Crippen LogP contribution in [0.25, 0.3) is 0 Å². The van der Waals surface area contributed by atoms with Gasteiger partial charge in [0, 0.05) is 13.6 Å². The third-order valence-corrected chi connectivity index (χ3v) is 0.842. The van der Waals surface area contributed by atoms with Crippen LogP contribution in [0.2, 0.25) is 0 Å². The predicted octanol–water partition coefficient (Wildman–Crippen LogP) is 1.51. The average Bonchev–Trinajstić information content (AvgIpc) is 1.65. The monoisotopic (exact) mass is 134 g/mol. The highest BCUT2D eigenvalue weighted by atomic mass is 35.5. The van der Waals surface area contributed by atoms with Crippen LogP contribution in [0.15, 0.2) is 5.10 Å². The van der Waals surface area contributed by atoms with E-state index in [0.717, 1.165) is 6.54 Å². The Morgan fingerprint density at radius 2 is 2.25 bits per heavy atom. The van der Waals surface area contributed by atoms with Gasteiger partial charge in [0.15, 0.2) is 0 Å². The van der Waals surface area contributed by atoms with E-state index in [2.05, 4.69) is 5.10 Å². The predicted molar refractivity (Wildman–Crippen MR) is 37.3 cm³/mol. The van der Waals surface area contributed by atoms with Gasteiger partial charge in [0.25, 0.3) is 0 Å². The van der Waals surface area contributed by atoms with Crippen LogP contribution < -0.4 is 0 Å². The van der Waals surface area contributed by atoms with Crippen LogP contribution in [-0.2, 0) is 0 Å². The lowest BCUT2D eigenvalue weighted by molar-refractivity contribution is 0.376. The van der Waals surface area contributed by atoms with E-state index in [1.165, 1.54) is 0 Å². The molecule has 0 fully saturated rings. The van der Waals surface area contributed by atoms with Crippen molar-refractivity contribution in [2.24, 2.45) is 5.10 Å². The molecule has 0 unspecified atom stereocenters. The minimum absolute atomic E-state index is 0.578. The van der Waals surface area contributed by atoms with Crippen LogP contribution >= 0.6 is 11.6 Å². The van der Waals surface area contributed by atoms with E-state index in [1.807, 2.05) is 14.0 Å². The fraction of sp³-hybridized carbons (Fsp3) is 0.800. The Morgan fingerprint density at radius 3 is 2.38 bits per heavy atom. The molecule has 0 bridgehead atoms. The van der Waals surface area contributed by atoms with Gasteiger partial charge in [-0.3, -0.25) is 5.01 Å². The average molecular weight is 135 g/mol. The maximum absolute atomic E-state index is 5.46. The highest BCUT2D eigenvalue weighted by Gasteiger charge is 1.84. The number of hydrazone groups is 1. The van der Waals surface area contributed by atoms with Gasteiger partial charge in [-0.25, -0.2) is 0 Å². The second-order valence-electron chi connectivity index (χ2n) is 1.57. The summed E-state index contributed by atoms with van der Waals surface area (Å²) < 4.78 is 0. The lowest BCUT2D eigenvalue weighted by atomic mass is 10.7. The highest BCUT2D eigenvalue weighted by Crippen LogP contribution is 1.87. The lowest BCUT2D eigenvalue weighted by Crippen LogP contribution is -2.10. The van der Waals surface area contributed by atoms with Crippen molar-refractivity contribution in [2.75, 3.05) is 13.6 Å². The molecule has 3 heteroatoms. The van der Waals surface area contributed by atoms with Gasteiger partial charge in [-0.05, 0) is 13.8 Å². The first kappa shape index (κ1) is 7.76. The summed E-state index contributed by atoms with van der Waals surface area (Å²) in [6.45, 7) is 4.67. The quantitative estimate of drug-likeness (QED) is 0.413. The molecular weight excluding hydrogens is 124 g/mol.